The number of hydrogen-bond donors (Lipinski definition) is 0. The predicted octanol–water partition coefficient (Wildman–Crippen LogP) is 1.71. The fourth-order valence-electron chi connectivity index (χ4n) is 1.57. The first kappa shape index (κ1) is 10.1. The van der Waals surface area contributed by atoms with Crippen LogP contribution in [0.25, 0.3) is 0 Å². The van der Waals surface area contributed by atoms with Crippen molar-refractivity contribution in [1.29, 1.82) is 0 Å². The molecule has 1 saturated carbocycles. The normalized spacial score (nSPS) is 18.4. The largest absolute Gasteiger partial charge is 0.174 e. The van der Waals surface area contributed by atoms with E-state index in [1.54, 1.807) is 7.05 Å². The zero-order valence-electron chi connectivity index (χ0n) is 8.36. The number of rotatable bonds is 5. The lowest BCUT2D eigenvalue weighted by atomic mass is 10.1. The Labute approximate surface area is 92.2 Å². The van der Waals surface area contributed by atoms with Gasteiger partial charge in [0.25, 0.3) is 0 Å². The fourth-order valence-corrected chi connectivity index (χ4v) is 2.42. The number of halogens is 1. The molecule has 1 aliphatic carbocycles. The van der Waals surface area contributed by atoms with Gasteiger partial charge in [0.05, 0.1) is 7.05 Å². The van der Waals surface area contributed by atoms with Gasteiger partial charge in [0, 0.05) is 11.2 Å². The lowest BCUT2D eigenvalue weighted by molar-refractivity contribution is 0.619. The lowest BCUT2D eigenvalue weighted by Crippen LogP contribution is -2.01. The van der Waals surface area contributed by atoms with Crippen molar-refractivity contribution >= 4 is 15.9 Å². The van der Waals surface area contributed by atoms with Gasteiger partial charge in [-0.15, -0.1) is 10.2 Å². The van der Waals surface area contributed by atoms with Crippen LogP contribution in [-0.4, -0.2) is 25.0 Å². The summed E-state index contributed by atoms with van der Waals surface area (Å²) in [6.07, 6.45) is 6.13. The van der Waals surface area contributed by atoms with Gasteiger partial charge in [-0.05, 0) is 36.8 Å². The highest BCUT2D eigenvalue weighted by Crippen LogP contribution is 2.38. The van der Waals surface area contributed by atoms with E-state index >= 15 is 0 Å². The Kier molecular flexibility index (Phi) is 3.15. The highest BCUT2D eigenvalue weighted by Gasteiger charge is 2.28. The average molecular weight is 259 g/mol. The van der Waals surface area contributed by atoms with Crippen molar-refractivity contribution in [1.82, 2.24) is 20.2 Å². The molecule has 0 saturated heterocycles. The molecule has 4 nitrogen and oxygen atoms in total. The van der Waals surface area contributed by atoms with Crippen LogP contribution in [0.15, 0.2) is 0 Å². The number of nitrogens with zero attached hydrogens (tertiary/aromatic N) is 4. The van der Waals surface area contributed by atoms with Crippen molar-refractivity contribution < 1.29 is 0 Å². The molecular weight excluding hydrogens is 244 g/mol. The van der Waals surface area contributed by atoms with E-state index in [4.69, 9.17) is 0 Å². The number of alkyl halides is 1. The summed E-state index contributed by atoms with van der Waals surface area (Å²) in [7, 11) is 1.80. The molecule has 14 heavy (non-hydrogen) atoms. The van der Waals surface area contributed by atoms with E-state index in [9.17, 15) is 0 Å². The van der Waals surface area contributed by atoms with Crippen molar-refractivity contribution in [2.24, 2.45) is 13.0 Å². The Hall–Kier alpha value is -0.450. The maximum absolute atomic E-state index is 4.15. The van der Waals surface area contributed by atoms with Crippen LogP contribution in [0.1, 0.15) is 31.5 Å². The standard InChI is InChI=1S/C9H15BrN4/c1-14-12-9(11-13-14)4-2-3-8(10)7-5-6-7/h7-8H,2-6H2,1H3. The summed E-state index contributed by atoms with van der Waals surface area (Å²) in [4.78, 5) is 2.22. The van der Waals surface area contributed by atoms with E-state index in [2.05, 4.69) is 31.3 Å². The zero-order valence-corrected chi connectivity index (χ0v) is 9.94. The molecule has 0 radical (unpaired) electrons. The number of hydrogen-bond acceptors (Lipinski definition) is 3. The van der Waals surface area contributed by atoms with E-state index in [0.717, 1.165) is 24.6 Å². The van der Waals surface area contributed by atoms with Crippen molar-refractivity contribution in [2.75, 3.05) is 0 Å². The van der Waals surface area contributed by atoms with Crippen LogP contribution < -0.4 is 0 Å². The highest BCUT2D eigenvalue weighted by molar-refractivity contribution is 9.09. The molecular formula is C9H15BrN4. The van der Waals surface area contributed by atoms with Crippen LogP contribution >= 0.6 is 15.9 Å². The van der Waals surface area contributed by atoms with E-state index in [1.807, 2.05) is 0 Å². The Morgan fingerprint density at radius 3 is 2.93 bits per heavy atom. The first-order chi connectivity index (χ1) is 6.75. The van der Waals surface area contributed by atoms with E-state index in [1.165, 1.54) is 24.1 Å². The third-order valence-electron chi connectivity index (χ3n) is 2.56. The molecule has 5 heteroatoms. The van der Waals surface area contributed by atoms with E-state index in [-0.39, 0.29) is 0 Å². The molecule has 1 unspecified atom stereocenters. The van der Waals surface area contributed by atoms with E-state index in [0.29, 0.717) is 4.83 Å². The Morgan fingerprint density at radius 2 is 2.36 bits per heavy atom. The van der Waals surface area contributed by atoms with Crippen molar-refractivity contribution in [3.8, 4) is 0 Å². The predicted molar refractivity (Wildman–Crippen MR) is 57.2 cm³/mol. The van der Waals surface area contributed by atoms with Gasteiger partial charge in [-0.1, -0.05) is 15.9 Å². The zero-order chi connectivity index (χ0) is 9.97. The smallest absolute Gasteiger partial charge is 0.167 e. The summed E-state index contributed by atoms with van der Waals surface area (Å²) in [5.74, 6) is 1.80. The summed E-state index contributed by atoms with van der Waals surface area (Å²) in [5, 5.41) is 11.9. The topological polar surface area (TPSA) is 43.6 Å². The molecule has 0 spiro atoms. The SMILES string of the molecule is Cn1nnc(CCCC(Br)C2CC2)n1. The van der Waals surface area contributed by atoms with E-state index < -0.39 is 0 Å². The minimum Gasteiger partial charge on any atom is -0.167 e. The third kappa shape index (κ3) is 2.77. The lowest BCUT2D eigenvalue weighted by Gasteiger charge is -2.05. The number of aromatic nitrogens is 4. The van der Waals surface area contributed by atoms with Gasteiger partial charge in [-0.25, -0.2) is 0 Å². The molecule has 1 aromatic rings. The highest BCUT2D eigenvalue weighted by atomic mass is 79.9. The molecule has 1 aliphatic rings. The van der Waals surface area contributed by atoms with Crippen LogP contribution in [0, 0.1) is 5.92 Å². The molecule has 78 valence electrons. The van der Waals surface area contributed by atoms with Crippen LogP contribution in [0.4, 0.5) is 0 Å². The average Bonchev–Trinajstić information content (AvgIpc) is 2.92. The first-order valence-corrected chi connectivity index (χ1v) is 6.04. The van der Waals surface area contributed by atoms with Gasteiger partial charge < -0.3 is 0 Å². The second-order valence-electron chi connectivity index (χ2n) is 3.94. The summed E-state index contributed by atoms with van der Waals surface area (Å²) < 4.78 is 0. The van der Waals surface area contributed by atoms with Crippen LogP contribution in [0.3, 0.4) is 0 Å². The van der Waals surface area contributed by atoms with Gasteiger partial charge in [0.2, 0.25) is 0 Å². The van der Waals surface area contributed by atoms with Crippen LogP contribution in [-0.2, 0) is 13.5 Å². The number of tetrazole rings is 1. The summed E-state index contributed by atoms with van der Waals surface area (Å²) in [6.45, 7) is 0. The quantitative estimate of drug-likeness (QED) is 0.756. The summed E-state index contributed by atoms with van der Waals surface area (Å²) >= 11 is 3.72. The van der Waals surface area contributed by atoms with Gasteiger partial charge in [-0.3, -0.25) is 0 Å². The van der Waals surface area contributed by atoms with Crippen molar-refractivity contribution in [3.05, 3.63) is 5.82 Å². The van der Waals surface area contributed by atoms with Gasteiger partial charge in [-0.2, -0.15) is 4.80 Å². The second kappa shape index (κ2) is 4.38. The number of aryl methyl sites for hydroxylation is 2. The van der Waals surface area contributed by atoms with Crippen LogP contribution in [0.2, 0.25) is 0 Å². The molecule has 2 rings (SSSR count). The fraction of sp³-hybridized carbons (Fsp3) is 0.889. The molecule has 1 atom stereocenters. The maximum atomic E-state index is 4.15. The maximum Gasteiger partial charge on any atom is 0.174 e. The monoisotopic (exact) mass is 258 g/mol. The van der Waals surface area contributed by atoms with Crippen LogP contribution in [0.5, 0.6) is 0 Å². The summed E-state index contributed by atoms with van der Waals surface area (Å²) in [6, 6.07) is 0. The molecule has 0 amide bonds. The Morgan fingerprint density at radius 1 is 1.57 bits per heavy atom. The van der Waals surface area contributed by atoms with Gasteiger partial charge in [0.15, 0.2) is 5.82 Å². The van der Waals surface area contributed by atoms with Crippen molar-refractivity contribution in [2.45, 2.75) is 36.9 Å². The Bertz CT molecular complexity index is 295. The van der Waals surface area contributed by atoms with Gasteiger partial charge in [0.1, 0.15) is 0 Å². The first-order valence-electron chi connectivity index (χ1n) is 5.12. The molecule has 1 aromatic heterocycles. The van der Waals surface area contributed by atoms with Gasteiger partial charge >= 0.3 is 0 Å². The molecule has 1 fully saturated rings. The minimum absolute atomic E-state index is 0.708. The third-order valence-corrected chi connectivity index (χ3v) is 3.77. The van der Waals surface area contributed by atoms with Crippen molar-refractivity contribution in [3.63, 3.8) is 0 Å². The molecule has 0 aromatic carbocycles. The molecule has 0 bridgehead atoms. The second-order valence-corrected chi connectivity index (χ2v) is 5.12. The molecule has 0 N–H and O–H groups in total. The molecule has 1 heterocycles. The minimum atomic E-state index is 0.708. The Balaban J connectivity index is 1.67. The summed E-state index contributed by atoms with van der Waals surface area (Å²) in [5.41, 5.74) is 0. The molecule has 0 aliphatic heterocycles.